The number of carbonyl (C=O) groups is 1. The van der Waals surface area contributed by atoms with E-state index in [1.807, 2.05) is 30.9 Å². The van der Waals surface area contributed by atoms with Crippen LogP contribution in [0.4, 0.5) is 5.69 Å². The number of amides is 1. The van der Waals surface area contributed by atoms with Gasteiger partial charge in [0.2, 0.25) is 5.91 Å². The van der Waals surface area contributed by atoms with Gasteiger partial charge in [-0.2, -0.15) is 8.42 Å². The number of rotatable bonds is 2. The van der Waals surface area contributed by atoms with Crippen LogP contribution >= 0.6 is 0 Å². The third-order valence-electron chi connectivity index (χ3n) is 5.18. The van der Waals surface area contributed by atoms with E-state index in [-0.39, 0.29) is 10.8 Å². The number of nitrogens with zero attached hydrogens (tertiary/aromatic N) is 2. The molecule has 0 spiro atoms. The van der Waals surface area contributed by atoms with Gasteiger partial charge < -0.3 is 10.2 Å². The van der Waals surface area contributed by atoms with E-state index in [0.29, 0.717) is 24.4 Å². The molecule has 2 aromatic carbocycles. The third-order valence-corrected chi connectivity index (χ3v) is 6.50. The Morgan fingerprint density at radius 2 is 1.82 bits per heavy atom. The molecule has 2 aliphatic heterocycles. The number of amidine groups is 1. The zero-order chi connectivity index (χ0) is 19.9. The zero-order valence-electron chi connectivity index (χ0n) is 16.0. The fraction of sp³-hybridized carbons (Fsp3) is 0.333. The van der Waals surface area contributed by atoms with Gasteiger partial charge in [-0.3, -0.25) is 4.79 Å². The van der Waals surface area contributed by atoms with Crippen LogP contribution < -0.4 is 5.32 Å². The summed E-state index contributed by atoms with van der Waals surface area (Å²) >= 11 is 0. The van der Waals surface area contributed by atoms with Crippen molar-refractivity contribution in [1.29, 1.82) is 0 Å². The number of benzene rings is 2. The van der Waals surface area contributed by atoms with Crippen LogP contribution in [0, 0.1) is 13.8 Å². The maximum Gasteiger partial charge on any atom is 0.285 e. The Bertz CT molecular complexity index is 1060. The van der Waals surface area contributed by atoms with E-state index < -0.39 is 16.1 Å². The predicted molar refractivity (Wildman–Crippen MR) is 109 cm³/mol. The Morgan fingerprint density at radius 1 is 1.11 bits per heavy atom. The van der Waals surface area contributed by atoms with Gasteiger partial charge in [0.1, 0.15) is 10.9 Å². The Kier molecular flexibility index (Phi) is 4.71. The fourth-order valence-corrected chi connectivity index (χ4v) is 5.24. The molecule has 0 unspecified atom stereocenters. The fourth-order valence-electron chi connectivity index (χ4n) is 4.03. The second-order valence-electron chi connectivity index (χ2n) is 7.46. The molecule has 0 radical (unpaired) electrons. The maximum absolute atomic E-state index is 13.1. The summed E-state index contributed by atoms with van der Waals surface area (Å²) in [5.74, 6) is 0.255. The Morgan fingerprint density at radius 3 is 2.57 bits per heavy atom. The molecule has 0 aromatic heterocycles. The van der Waals surface area contributed by atoms with E-state index in [0.717, 1.165) is 29.7 Å². The van der Waals surface area contributed by atoms with Crippen LogP contribution in [0.1, 0.15) is 36.0 Å². The molecule has 1 fully saturated rings. The molecule has 7 heteroatoms. The zero-order valence-corrected chi connectivity index (χ0v) is 16.8. The number of nitrogens with one attached hydrogen (secondary N) is 1. The second kappa shape index (κ2) is 7.05. The molecule has 1 N–H and O–H groups in total. The Balaban J connectivity index is 1.65. The van der Waals surface area contributed by atoms with Crippen LogP contribution in [0.15, 0.2) is 51.8 Å². The topological polar surface area (TPSA) is 78.8 Å². The van der Waals surface area contributed by atoms with Crippen LogP contribution in [0.2, 0.25) is 0 Å². The number of sulfonamides is 1. The molecule has 2 heterocycles. The third kappa shape index (κ3) is 3.42. The van der Waals surface area contributed by atoms with Crippen molar-refractivity contribution in [2.75, 3.05) is 11.9 Å². The SMILES string of the molecule is Cc1cc(C)cc(NC(=O)[C@@H]2CCCCN2C2=NS(=O)(=O)c3ccccc32)c1. The lowest BCUT2D eigenvalue weighted by Gasteiger charge is -2.36. The molecule has 146 valence electrons. The van der Waals surface area contributed by atoms with E-state index in [9.17, 15) is 13.2 Å². The number of hydrogen-bond acceptors (Lipinski definition) is 4. The largest absolute Gasteiger partial charge is 0.343 e. The summed E-state index contributed by atoms with van der Waals surface area (Å²) in [5, 5.41) is 3.01. The van der Waals surface area contributed by atoms with Crippen LogP contribution in [0.3, 0.4) is 0 Å². The summed E-state index contributed by atoms with van der Waals surface area (Å²) in [6.07, 6.45) is 2.48. The first kappa shape index (κ1) is 18.7. The van der Waals surface area contributed by atoms with Gasteiger partial charge in [0.25, 0.3) is 10.0 Å². The minimum absolute atomic E-state index is 0.130. The number of hydrogen-bond donors (Lipinski definition) is 1. The monoisotopic (exact) mass is 397 g/mol. The lowest BCUT2D eigenvalue weighted by atomic mass is 9.99. The minimum atomic E-state index is -3.71. The van der Waals surface area contributed by atoms with Gasteiger partial charge in [0.05, 0.1) is 0 Å². The van der Waals surface area contributed by atoms with Crippen LogP contribution in [-0.2, 0) is 14.8 Å². The number of piperidine rings is 1. The smallest absolute Gasteiger partial charge is 0.285 e. The molecule has 0 aliphatic carbocycles. The van der Waals surface area contributed by atoms with Gasteiger partial charge in [-0.15, -0.1) is 4.40 Å². The van der Waals surface area contributed by atoms with Crippen LogP contribution in [-0.4, -0.2) is 37.6 Å². The first-order valence-electron chi connectivity index (χ1n) is 9.45. The van der Waals surface area contributed by atoms with E-state index in [2.05, 4.69) is 15.8 Å². The highest BCUT2D eigenvalue weighted by atomic mass is 32.2. The average Bonchev–Trinajstić information content (AvgIpc) is 2.92. The maximum atomic E-state index is 13.1. The molecule has 28 heavy (non-hydrogen) atoms. The van der Waals surface area contributed by atoms with Crippen molar-refractivity contribution in [3.63, 3.8) is 0 Å². The molecule has 2 aromatic rings. The Hall–Kier alpha value is -2.67. The number of fused-ring (bicyclic) bond motifs is 1. The summed E-state index contributed by atoms with van der Waals surface area (Å²) in [6.45, 7) is 4.59. The quantitative estimate of drug-likeness (QED) is 0.844. The van der Waals surface area contributed by atoms with Crippen molar-refractivity contribution in [3.05, 3.63) is 59.2 Å². The highest BCUT2D eigenvalue weighted by Gasteiger charge is 2.37. The van der Waals surface area contributed by atoms with Crippen LogP contribution in [0.25, 0.3) is 0 Å². The molecule has 6 nitrogen and oxygen atoms in total. The highest BCUT2D eigenvalue weighted by molar-refractivity contribution is 7.90. The van der Waals surface area contributed by atoms with Crippen molar-refractivity contribution >= 4 is 27.5 Å². The number of carbonyl (C=O) groups excluding carboxylic acids is 1. The van der Waals surface area contributed by atoms with Gasteiger partial charge in [-0.05, 0) is 68.5 Å². The number of anilines is 1. The van der Waals surface area contributed by atoms with E-state index in [1.165, 1.54) is 0 Å². The molecule has 1 amide bonds. The molecule has 0 bridgehead atoms. The average molecular weight is 398 g/mol. The summed E-state index contributed by atoms with van der Waals surface area (Å²) in [7, 11) is -3.71. The van der Waals surface area contributed by atoms with E-state index in [1.54, 1.807) is 24.3 Å². The van der Waals surface area contributed by atoms with Crippen molar-refractivity contribution in [3.8, 4) is 0 Å². The van der Waals surface area contributed by atoms with Crippen molar-refractivity contribution in [2.24, 2.45) is 4.40 Å². The molecule has 1 atom stereocenters. The number of aryl methyl sites for hydroxylation is 2. The molecule has 1 saturated heterocycles. The summed E-state index contributed by atoms with van der Waals surface area (Å²) < 4.78 is 28.9. The first-order chi connectivity index (χ1) is 13.3. The van der Waals surface area contributed by atoms with Crippen molar-refractivity contribution < 1.29 is 13.2 Å². The van der Waals surface area contributed by atoms with Gasteiger partial charge in [0, 0.05) is 17.8 Å². The lowest BCUT2D eigenvalue weighted by molar-refractivity contribution is -0.120. The molecule has 4 rings (SSSR count). The summed E-state index contributed by atoms with van der Waals surface area (Å²) in [5.41, 5.74) is 3.50. The number of likely N-dealkylation sites (tertiary alicyclic amines) is 1. The molecular formula is C21H23N3O3S. The first-order valence-corrected chi connectivity index (χ1v) is 10.9. The molecule has 2 aliphatic rings. The molecule has 0 saturated carbocycles. The second-order valence-corrected chi connectivity index (χ2v) is 9.03. The van der Waals surface area contributed by atoms with Crippen molar-refractivity contribution in [2.45, 2.75) is 44.0 Å². The minimum Gasteiger partial charge on any atom is -0.343 e. The van der Waals surface area contributed by atoms with Gasteiger partial charge >= 0.3 is 0 Å². The molecular weight excluding hydrogens is 374 g/mol. The predicted octanol–water partition coefficient (Wildman–Crippen LogP) is 3.25. The summed E-state index contributed by atoms with van der Waals surface area (Å²) in [6, 6.07) is 12.3. The van der Waals surface area contributed by atoms with Crippen LogP contribution in [0.5, 0.6) is 0 Å². The van der Waals surface area contributed by atoms with Gasteiger partial charge in [-0.1, -0.05) is 18.2 Å². The normalized spacial score (nSPS) is 20.4. The van der Waals surface area contributed by atoms with Gasteiger partial charge in [0.15, 0.2) is 5.84 Å². The van der Waals surface area contributed by atoms with Gasteiger partial charge in [-0.25, -0.2) is 0 Å². The van der Waals surface area contributed by atoms with E-state index in [4.69, 9.17) is 0 Å². The standard InChI is InChI=1S/C21H23N3O3S/c1-14-11-15(2)13-16(12-14)22-21(25)18-8-5-6-10-24(18)20-17-7-3-4-9-19(17)28(26,27)23-20/h3-4,7,9,11-13,18H,5-6,8,10H2,1-2H3,(H,22,25)/t18-/m0/s1. The lowest BCUT2D eigenvalue weighted by Crippen LogP contribution is -2.50. The van der Waals surface area contributed by atoms with E-state index >= 15 is 0 Å². The summed E-state index contributed by atoms with van der Waals surface area (Å²) in [4.78, 5) is 15.1. The highest BCUT2D eigenvalue weighted by Crippen LogP contribution is 2.31. The van der Waals surface area contributed by atoms with Crippen molar-refractivity contribution in [1.82, 2.24) is 4.90 Å². The Labute approximate surface area is 165 Å².